The Bertz CT molecular complexity index is 422. The number of alkyl carbamates (subject to hydrolysis) is 1. The van der Waals surface area contributed by atoms with E-state index < -0.39 is 6.09 Å². The monoisotopic (exact) mass is 265 g/mol. The Hall–Kier alpha value is -0.640. The molecule has 1 aliphatic rings. The molecule has 80 valence electrons. The minimum atomic E-state index is -0.480. The van der Waals surface area contributed by atoms with Gasteiger partial charge in [0.25, 0.3) is 0 Å². The first kappa shape index (κ1) is 10.9. The maximum absolute atomic E-state index is 10.9. The van der Waals surface area contributed by atoms with Crippen LogP contribution < -0.4 is 5.32 Å². The van der Waals surface area contributed by atoms with Crippen molar-refractivity contribution in [3.63, 3.8) is 0 Å². The molecule has 0 unspecified atom stereocenters. The molecule has 1 atom stereocenters. The van der Waals surface area contributed by atoms with Crippen molar-refractivity contribution >= 4 is 40.9 Å². The van der Waals surface area contributed by atoms with Crippen molar-refractivity contribution in [3.8, 4) is 0 Å². The van der Waals surface area contributed by atoms with Crippen LogP contribution in [0.5, 0.6) is 0 Å². The van der Waals surface area contributed by atoms with Crippen LogP contribution in [-0.2, 0) is 4.74 Å². The van der Waals surface area contributed by atoms with Gasteiger partial charge in [-0.25, -0.2) is 4.79 Å². The molecule has 1 aliphatic heterocycles. The lowest BCUT2D eigenvalue weighted by Gasteiger charge is -2.12. The third-order valence-corrected chi connectivity index (χ3v) is 3.25. The average molecular weight is 267 g/mol. The molecule has 0 saturated carbocycles. The molecule has 0 bridgehead atoms. The van der Waals surface area contributed by atoms with Crippen molar-refractivity contribution in [1.29, 1.82) is 0 Å². The van der Waals surface area contributed by atoms with Gasteiger partial charge in [0.05, 0.1) is 16.1 Å². The van der Waals surface area contributed by atoms with E-state index in [1.165, 1.54) is 0 Å². The van der Waals surface area contributed by atoms with Gasteiger partial charge in [-0.2, -0.15) is 0 Å². The van der Waals surface area contributed by atoms with Crippen molar-refractivity contribution in [1.82, 2.24) is 5.32 Å². The fourth-order valence-corrected chi connectivity index (χ4v) is 2.20. The maximum Gasteiger partial charge on any atom is 0.407 e. The fourth-order valence-electron chi connectivity index (χ4n) is 1.40. The molecule has 0 spiro atoms. The third kappa shape index (κ3) is 2.00. The molecule has 15 heavy (non-hydrogen) atoms. The molecule has 6 heteroatoms. The molecule has 1 N–H and O–H groups in total. The van der Waals surface area contributed by atoms with Crippen LogP contribution in [-0.4, -0.2) is 12.7 Å². The Morgan fingerprint density at radius 3 is 2.53 bits per heavy atom. The Balaban J connectivity index is 2.43. The number of hydrogen-bond acceptors (Lipinski definition) is 2. The van der Waals surface area contributed by atoms with E-state index in [0.717, 1.165) is 0 Å². The van der Waals surface area contributed by atoms with E-state index in [0.29, 0.717) is 20.6 Å². The van der Waals surface area contributed by atoms with Gasteiger partial charge < -0.3 is 10.1 Å². The second kappa shape index (κ2) is 4.08. The number of ether oxygens (including phenoxy) is 1. The SMILES string of the molecule is O=C1N[C@H](c2c(Cl)ccc(Cl)c2Cl)CO1. The highest BCUT2D eigenvalue weighted by molar-refractivity contribution is 6.44. The summed E-state index contributed by atoms with van der Waals surface area (Å²) in [6.45, 7) is 0.207. The zero-order valence-corrected chi connectivity index (χ0v) is 9.66. The van der Waals surface area contributed by atoms with Crippen molar-refractivity contribution in [2.75, 3.05) is 6.61 Å². The molecule has 1 heterocycles. The summed E-state index contributed by atoms with van der Waals surface area (Å²) in [6, 6.07) is 2.90. The number of benzene rings is 1. The van der Waals surface area contributed by atoms with Crippen LogP contribution in [0.15, 0.2) is 12.1 Å². The lowest BCUT2D eigenvalue weighted by Crippen LogP contribution is -2.19. The van der Waals surface area contributed by atoms with Crippen LogP contribution in [0.1, 0.15) is 11.6 Å². The predicted octanol–water partition coefficient (Wildman–Crippen LogP) is 3.43. The number of halogens is 3. The first-order valence-electron chi connectivity index (χ1n) is 4.16. The van der Waals surface area contributed by atoms with Crippen LogP contribution in [0.2, 0.25) is 15.1 Å². The van der Waals surface area contributed by atoms with E-state index in [-0.39, 0.29) is 12.6 Å². The average Bonchev–Trinajstić information content (AvgIpc) is 2.59. The highest BCUT2D eigenvalue weighted by Gasteiger charge is 2.28. The lowest BCUT2D eigenvalue weighted by atomic mass is 10.1. The van der Waals surface area contributed by atoms with Gasteiger partial charge in [-0.15, -0.1) is 0 Å². The zero-order valence-electron chi connectivity index (χ0n) is 7.39. The van der Waals surface area contributed by atoms with Gasteiger partial charge in [0.1, 0.15) is 6.61 Å². The van der Waals surface area contributed by atoms with Gasteiger partial charge in [-0.05, 0) is 12.1 Å². The molecular formula is C9H6Cl3NO2. The van der Waals surface area contributed by atoms with Gasteiger partial charge in [0.15, 0.2) is 0 Å². The highest BCUT2D eigenvalue weighted by atomic mass is 35.5. The largest absolute Gasteiger partial charge is 0.447 e. The summed E-state index contributed by atoms with van der Waals surface area (Å²) in [5.41, 5.74) is 0.594. The number of cyclic esters (lactones) is 1. The summed E-state index contributed by atoms with van der Waals surface area (Å²) in [4.78, 5) is 10.9. The molecule has 0 aromatic heterocycles. The Kier molecular flexibility index (Phi) is 2.96. The van der Waals surface area contributed by atoms with Crippen molar-refractivity contribution < 1.29 is 9.53 Å². The van der Waals surface area contributed by atoms with Crippen molar-refractivity contribution in [3.05, 3.63) is 32.8 Å². The van der Waals surface area contributed by atoms with E-state index in [1.807, 2.05) is 0 Å². The molecule has 1 amide bonds. The summed E-state index contributed by atoms with van der Waals surface area (Å²) >= 11 is 17.8. The topological polar surface area (TPSA) is 38.3 Å². The van der Waals surface area contributed by atoms with Gasteiger partial charge in [0, 0.05) is 10.6 Å². The maximum atomic E-state index is 10.9. The summed E-state index contributed by atoms with van der Waals surface area (Å²) < 4.78 is 4.76. The Morgan fingerprint density at radius 1 is 1.27 bits per heavy atom. The number of amides is 1. The number of carbonyl (C=O) groups is 1. The molecule has 0 radical (unpaired) electrons. The molecule has 2 rings (SSSR count). The van der Waals surface area contributed by atoms with Crippen molar-refractivity contribution in [2.24, 2.45) is 0 Å². The van der Waals surface area contributed by atoms with E-state index >= 15 is 0 Å². The molecule has 0 aliphatic carbocycles. The lowest BCUT2D eigenvalue weighted by molar-refractivity contribution is 0.177. The standard InChI is InChI=1S/C9H6Cl3NO2/c10-4-1-2-5(11)8(12)7(4)6-3-15-9(14)13-6/h1-2,6H,3H2,(H,13,14)/t6-/m0/s1. The number of carbonyl (C=O) groups excluding carboxylic acids is 1. The van der Waals surface area contributed by atoms with Crippen molar-refractivity contribution in [2.45, 2.75) is 6.04 Å². The quantitative estimate of drug-likeness (QED) is 0.791. The second-order valence-corrected chi connectivity index (χ2v) is 4.24. The van der Waals surface area contributed by atoms with Gasteiger partial charge in [-0.3, -0.25) is 0 Å². The minimum absolute atomic E-state index is 0.207. The fraction of sp³-hybridized carbons (Fsp3) is 0.222. The number of rotatable bonds is 1. The molecule has 3 nitrogen and oxygen atoms in total. The Morgan fingerprint density at radius 2 is 1.93 bits per heavy atom. The smallest absolute Gasteiger partial charge is 0.407 e. The third-order valence-electron chi connectivity index (χ3n) is 2.10. The summed E-state index contributed by atoms with van der Waals surface area (Å²) in [7, 11) is 0. The number of nitrogens with one attached hydrogen (secondary N) is 1. The van der Waals surface area contributed by atoms with Crippen LogP contribution in [0.4, 0.5) is 4.79 Å². The zero-order chi connectivity index (χ0) is 11.0. The predicted molar refractivity (Wildman–Crippen MR) is 58.7 cm³/mol. The van der Waals surface area contributed by atoms with Crippen LogP contribution >= 0.6 is 34.8 Å². The Labute approximate surface area is 101 Å². The van der Waals surface area contributed by atoms with Crippen LogP contribution in [0.25, 0.3) is 0 Å². The van der Waals surface area contributed by atoms with Gasteiger partial charge in [0.2, 0.25) is 0 Å². The van der Waals surface area contributed by atoms with E-state index in [9.17, 15) is 4.79 Å². The van der Waals surface area contributed by atoms with Gasteiger partial charge in [-0.1, -0.05) is 34.8 Å². The van der Waals surface area contributed by atoms with E-state index in [1.54, 1.807) is 12.1 Å². The molecule has 1 fully saturated rings. The molecular weight excluding hydrogens is 260 g/mol. The van der Waals surface area contributed by atoms with Crippen LogP contribution in [0, 0.1) is 0 Å². The normalized spacial score (nSPS) is 19.9. The van der Waals surface area contributed by atoms with E-state index in [2.05, 4.69) is 5.32 Å². The first-order chi connectivity index (χ1) is 7.09. The number of hydrogen-bond donors (Lipinski definition) is 1. The molecule has 1 aromatic carbocycles. The summed E-state index contributed by atoms with van der Waals surface area (Å²) in [5, 5.41) is 3.80. The van der Waals surface area contributed by atoms with E-state index in [4.69, 9.17) is 39.5 Å². The minimum Gasteiger partial charge on any atom is -0.447 e. The summed E-state index contributed by atoms with van der Waals surface area (Å²) in [5.74, 6) is 0. The molecule has 1 aromatic rings. The van der Waals surface area contributed by atoms with Gasteiger partial charge >= 0.3 is 6.09 Å². The van der Waals surface area contributed by atoms with Crippen LogP contribution in [0.3, 0.4) is 0 Å². The highest BCUT2D eigenvalue weighted by Crippen LogP contribution is 2.36. The second-order valence-electron chi connectivity index (χ2n) is 3.05. The summed E-state index contributed by atoms with van der Waals surface area (Å²) in [6.07, 6.45) is -0.480. The first-order valence-corrected chi connectivity index (χ1v) is 5.29. The molecule has 1 saturated heterocycles.